The molecule has 3 nitrogen and oxygen atoms in total. The summed E-state index contributed by atoms with van der Waals surface area (Å²) >= 11 is 0. The van der Waals surface area contributed by atoms with Crippen LogP contribution in [-0.4, -0.2) is 35.6 Å². The maximum Gasteiger partial charge on any atom is 0.108 e. The van der Waals surface area contributed by atoms with Crippen LogP contribution in [0.4, 0.5) is 0 Å². The summed E-state index contributed by atoms with van der Waals surface area (Å²) in [5, 5.41) is 12.8. The predicted octanol–water partition coefficient (Wildman–Crippen LogP) is 2.53. The maximum atomic E-state index is 9.38. The lowest BCUT2D eigenvalue weighted by atomic mass is 9.99. The molecule has 1 aliphatic rings. The first-order chi connectivity index (χ1) is 8.08. The van der Waals surface area contributed by atoms with Gasteiger partial charge >= 0.3 is 0 Å². The topological polar surface area (TPSA) is 39.1 Å². The van der Waals surface area contributed by atoms with Gasteiger partial charge in [-0.1, -0.05) is 13.8 Å². The molecule has 0 radical (unpaired) electrons. The minimum atomic E-state index is -0.264. The Kier molecular flexibility index (Phi) is 5.42. The van der Waals surface area contributed by atoms with Crippen LogP contribution in [0.2, 0.25) is 0 Å². The van der Waals surface area contributed by atoms with E-state index in [9.17, 15) is 5.26 Å². The highest BCUT2D eigenvalue weighted by atomic mass is 15.2. The van der Waals surface area contributed by atoms with Gasteiger partial charge in [-0.2, -0.15) is 5.26 Å². The molecule has 2 atom stereocenters. The van der Waals surface area contributed by atoms with Crippen molar-refractivity contribution in [1.82, 2.24) is 10.2 Å². The van der Waals surface area contributed by atoms with Crippen molar-refractivity contribution in [3.63, 3.8) is 0 Å². The molecule has 0 amide bonds. The lowest BCUT2D eigenvalue weighted by Crippen LogP contribution is -2.45. The minimum Gasteiger partial charge on any atom is -0.300 e. The molecule has 3 heteroatoms. The molecular weight excluding hydrogens is 210 g/mol. The van der Waals surface area contributed by atoms with Gasteiger partial charge in [0, 0.05) is 12.1 Å². The summed E-state index contributed by atoms with van der Waals surface area (Å²) < 4.78 is 0. The summed E-state index contributed by atoms with van der Waals surface area (Å²) in [5.74, 6) is 0. The minimum absolute atomic E-state index is 0.264. The molecule has 0 saturated heterocycles. The van der Waals surface area contributed by atoms with Crippen LogP contribution in [0.1, 0.15) is 53.4 Å². The zero-order valence-electron chi connectivity index (χ0n) is 11.8. The van der Waals surface area contributed by atoms with E-state index < -0.39 is 0 Å². The third kappa shape index (κ3) is 3.43. The summed E-state index contributed by atoms with van der Waals surface area (Å²) in [5.41, 5.74) is -0.264. The average molecular weight is 237 g/mol. The van der Waals surface area contributed by atoms with Crippen LogP contribution in [0.15, 0.2) is 0 Å². The second-order valence-electron chi connectivity index (χ2n) is 5.45. The number of hydrogen-bond donors (Lipinski definition) is 1. The number of hydrogen-bond acceptors (Lipinski definition) is 3. The molecule has 98 valence electrons. The van der Waals surface area contributed by atoms with Crippen molar-refractivity contribution in [1.29, 1.82) is 5.26 Å². The molecular formula is C14H27N3. The molecule has 0 spiro atoms. The van der Waals surface area contributed by atoms with Gasteiger partial charge in [0.2, 0.25) is 0 Å². The Labute approximate surface area is 106 Å². The lowest BCUT2D eigenvalue weighted by molar-refractivity contribution is 0.150. The quantitative estimate of drug-likeness (QED) is 0.771. The summed E-state index contributed by atoms with van der Waals surface area (Å²) in [6, 6.07) is 3.66. The average Bonchev–Trinajstić information content (AvgIpc) is 2.71. The maximum absolute atomic E-state index is 9.38. The largest absolute Gasteiger partial charge is 0.300 e. The van der Waals surface area contributed by atoms with Crippen LogP contribution in [0, 0.1) is 11.3 Å². The first-order valence-electron chi connectivity index (χ1n) is 7.00. The fraction of sp³-hybridized carbons (Fsp3) is 0.929. The van der Waals surface area contributed by atoms with Crippen molar-refractivity contribution >= 4 is 0 Å². The molecule has 0 aromatic rings. The van der Waals surface area contributed by atoms with Crippen LogP contribution in [0.5, 0.6) is 0 Å². The third-order valence-electron chi connectivity index (χ3n) is 3.83. The standard InChI is InChI=1S/C14H27N3/c1-5-9-17(12(3)4)13-7-8-14(10-13,11-15)16-6-2/h12-13,16H,5-10H2,1-4H3. The van der Waals surface area contributed by atoms with Crippen molar-refractivity contribution in [3.05, 3.63) is 0 Å². The van der Waals surface area contributed by atoms with Gasteiger partial charge in [-0.15, -0.1) is 0 Å². The van der Waals surface area contributed by atoms with Crippen molar-refractivity contribution in [2.24, 2.45) is 0 Å². The van der Waals surface area contributed by atoms with Gasteiger partial charge in [-0.3, -0.25) is 10.2 Å². The van der Waals surface area contributed by atoms with E-state index in [-0.39, 0.29) is 5.54 Å². The van der Waals surface area contributed by atoms with E-state index in [0.717, 1.165) is 32.4 Å². The molecule has 1 rings (SSSR count). The van der Waals surface area contributed by atoms with Crippen LogP contribution in [0.25, 0.3) is 0 Å². The second-order valence-corrected chi connectivity index (χ2v) is 5.45. The molecule has 2 unspecified atom stereocenters. The van der Waals surface area contributed by atoms with Gasteiger partial charge in [0.1, 0.15) is 5.54 Å². The van der Waals surface area contributed by atoms with Crippen molar-refractivity contribution < 1.29 is 0 Å². The van der Waals surface area contributed by atoms with Crippen molar-refractivity contribution in [2.45, 2.75) is 71.0 Å². The van der Waals surface area contributed by atoms with E-state index in [2.05, 4.69) is 44.0 Å². The van der Waals surface area contributed by atoms with Crippen molar-refractivity contribution in [3.8, 4) is 6.07 Å². The van der Waals surface area contributed by atoms with E-state index in [4.69, 9.17) is 0 Å². The van der Waals surface area contributed by atoms with Crippen LogP contribution in [0.3, 0.4) is 0 Å². The highest BCUT2D eigenvalue weighted by Crippen LogP contribution is 2.33. The van der Waals surface area contributed by atoms with Crippen LogP contribution in [-0.2, 0) is 0 Å². The van der Waals surface area contributed by atoms with Gasteiger partial charge in [-0.25, -0.2) is 0 Å². The normalized spacial score (nSPS) is 28.9. The SMILES string of the molecule is CCCN(C(C)C)C1CCC(C#N)(NCC)C1. The number of nitrogens with zero attached hydrogens (tertiary/aromatic N) is 2. The molecule has 0 bridgehead atoms. The highest BCUT2D eigenvalue weighted by Gasteiger charge is 2.41. The first kappa shape index (κ1) is 14.5. The fourth-order valence-corrected chi connectivity index (χ4v) is 3.06. The number of rotatable bonds is 6. The molecule has 1 fully saturated rings. The smallest absolute Gasteiger partial charge is 0.108 e. The van der Waals surface area contributed by atoms with Crippen molar-refractivity contribution in [2.75, 3.05) is 13.1 Å². The summed E-state index contributed by atoms with van der Waals surface area (Å²) in [6.07, 6.45) is 4.32. The highest BCUT2D eigenvalue weighted by molar-refractivity contribution is 5.13. The number of nitriles is 1. The van der Waals surface area contributed by atoms with Gasteiger partial charge in [0.25, 0.3) is 0 Å². The predicted molar refractivity (Wildman–Crippen MR) is 71.8 cm³/mol. The Bertz CT molecular complexity index is 269. The Hall–Kier alpha value is -0.590. The molecule has 0 heterocycles. The lowest BCUT2D eigenvalue weighted by Gasteiger charge is -2.33. The third-order valence-corrected chi connectivity index (χ3v) is 3.83. The van der Waals surface area contributed by atoms with E-state index in [1.165, 1.54) is 6.42 Å². The van der Waals surface area contributed by atoms with Gasteiger partial charge < -0.3 is 0 Å². The Morgan fingerprint density at radius 2 is 2.18 bits per heavy atom. The van der Waals surface area contributed by atoms with Crippen LogP contribution < -0.4 is 5.32 Å². The summed E-state index contributed by atoms with van der Waals surface area (Å²) in [6.45, 7) is 10.9. The van der Waals surface area contributed by atoms with E-state index >= 15 is 0 Å². The zero-order valence-corrected chi connectivity index (χ0v) is 11.8. The Morgan fingerprint density at radius 3 is 2.65 bits per heavy atom. The molecule has 0 aromatic heterocycles. The summed E-state index contributed by atoms with van der Waals surface area (Å²) in [4.78, 5) is 2.57. The zero-order chi connectivity index (χ0) is 12.9. The molecule has 1 saturated carbocycles. The van der Waals surface area contributed by atoms with E-state index in [1.54, 1.807) is 0 Å². The molecule has 0 aliphatic heterocycles. The van der Waals surface area contributed by atoms with E-state index in [1.807, 2.05) is 0 Å². The number of nitrogens with one attached hydrogen (secondary N) is 1. The van der Waals surface area contributed by atoms with Gasteiger partial charge in [-0.05, 0) is 52.6 Å². The fourth-order valence-electron chi connectivity index (χ4n) is 3.06. The molecule has 1 N–H and O–H groups in total. The molecule has 17 heavy (non-hydrogen) atoms. The van der Waals surface area contributed by atoms with E-state index in [0.29, 0.717) is 12.1 Å². The van der Waals surface area contributed by atoms with Gasteiger partial charge in [0.05, 0.1) is 6.07 Å². The first-order valence-corrected chi connectivity index (χ1v) is 7.00. The Balaban J connectivity index is 2.67. The van der Waals surface area contributed by atoms with Gasteiger partial charge in [0.15, 0.2) is 0 Å². The second kappa shape index (κ2) is 6.37. The monoisotopic (exact) mass is 237 g/mol. The molecule has 0 aromatic carbocycles. The Morgan fingerprint density at radius 1 is 1.47 bits per heavy atom. The van der Waals surface area contributed by atoms with Crippen LogP contribution >= 0.6 is 0 Å². The summed E-state index contributed by atoms with van der Waals surface area (Å²) in [7, 11) is 0. The molecule has 1 aliphatic carbocycles.